The summed E-state index contributed by atoms with van der Waals surface area (Å²) in [6.45, 7) is 10.4. The van der Waals surface area contributed by atoms with Gasteiger partial charge in [-0.1, -0.05) is 30.8 Å². The van der Waals surface area contributed by atoms with Crippen molar-refractivity contribution in [3.8, 4) is 22.6 Å². The number of benzene rings is 2. The molecule has 0 atom stereocenters. The third-order valence-electron chi connectivity index (χ3n) is 3.98. The Bertz CT molecular complexity index is 918. The third kappa shape index (κ3) is 6.88. The molecule has 6 heteroatoms. The molecule has 0 amide bonds. The van der Waals surface area contributed by atoms with Crippen LogP contribution in [0.1, 0.15) is 34.1 Å². The maximum Gasteiger partial charge on any atom is 0.338 e. The molecule has 0 spiro atoms. The Labute approximate surface area is 176 Å². The van der Waals surface area contributed by atoms with Crippen molar-refractivity contribution in [2.75, 3.05) is 6.61 Å². The van der Waals surface area contributed by atoms with Crippen LogP contribution >= 0.6 is 0 Å². The van der Waals surface area contributed by atoms with E-state index in [0.29, 0.717) is 17.1 Å². The van der Waals surface area contributed by atoms with E-state index >= 15 is 0 Å². The number of ether oxygens (including phenoxy) is 3. The van der Waals surface area contributed by atoms with E-state index in [9.17, 15) is 14.4 Å². The Morgan fingerprint density at radius 1 is 0.833 bits per heavy atom. The van der Waals surface area contributed by atoms with Crippen molar-refractivity contribution >= 4 is 17.9 Å². The second-order valence-corrected chi connectivity index (χ2v) is 7.83. The van der Waals surface area contributed by atoms with Crippen molar-refractivity contribution in [1.82, 2.24) is 0 Å². The Morgan fingerprint density at radius 3 is 1.73 bits per heavy atom. The highest BCUT2D eigenvalue weighted by Gasteiger charge is 2.23. The highest BCUT2D eigenvalue weighted by atomic mass is 16.6. The zero-order valence-electron chi connectivity index (χ0n) is 17.7. The smallest absolute Gasteiger partial charge is 0.338 e. The summed E-state index contributed by atoms with van der Waals surface area (Å²) in [5, 5.41) is 0. The van der Waals surface area contributed by atoms with E-state index in [1.807, 2.05) is 24.3 Å². The van der Waals surface area contributed by atoms with Crippen molar-refractivity contribution in [1.29, 1.82) is 0 Å². The lowest BCUT2D eigenvalue weighted by atomic mass is 9.97. The van der Waals surface area contributed by atoms with E-state index < -0.39 is 17.4 Å². The fourth-order valence-electron chi connectivity index (χ4n) is 2.25. The van der Waals surface area contributed by atoms with Crippen LogP contribution in [0.3, 0.4) is 0 Å². The first-order valence-electron chi connectivity index (χ1n) is 9.52. The molecule has 0 saturated carbocycles. The van der Waals surface area contributed by atoms with Crippen LogP contribution < -0.4 is 9.47 Å². The van der Waals surface area contributed by atoms with Gasteiger partial charge in [-0.25, -0.2) is 4.79 Å². The monoisotopic (exact) mass is 410 g/mol. The molecule has 0 bridgehead atoms. The Balaban J connectivity index is 1.89. The van der Waals surface area contributed by atoms with Crippen molar-refractivity contribution in [2.45, 2.75) is 34.1 Å². The van der Waals surface area contributed by atoms with Crippen molar-refractivity contribution in [3.05, 3.63) is 60.7 Å². The fraction of sp³-hybridized carbons (Fsp3) is 0.292. The van der Waals surface area contributed by atoms with Crippen molar-refractivity contribution < 1.29 is 28.6 Å². The number of carbonyl (C=O) groups is 3. The summed E-state index contributed by atoms with van der Waals surface area (Å²) < 4.78 is 15.5. The normalized spacial score (nSPS) is 10.8. The van der Waals surface area contributed by atoms with Gasteiger partial charge in [-0.05, 0) is 63.1 Å². The van der Waals surface area contributed by atoms with Crippen LogP contribution in [0, 0.1) is 5.41 Å². The lowest BCUT2D eigenvalue weighted by molar-refractivity contribution is -0.154. The Morgan fingerprint density at radius 2 is 1.30 bits per heavy atom. The molecule has 0 aliphatic carbocycles. The lowest BCUT2D eigenvalue weighted by Gasteiger charge is -2.16. The van der Waals surface area contributed by atoms with E-state index in [1.165, 1.54) is 0 Å². The van der Waals surface area contributed by atoms with E-state index in [0.717, 1.165) is 11.1 Å². The second-order valence-electron chi connectivity index (χ2n) is 7.83. The minimum atomic E-state index is -0.607. The first kappa shape index (κ1) is 22.9. The molecule has 0 aromatic heterocycles. The van der Waals surface area contributed by atoms with E-state index in [2.05, 4.69) is 6.58 Å². The maximum absolute atomic E-state index is 11.9. The van der Waals surface area contributed by atoms with E-state index in [-0.39, 0.29) is 19.0 Å². The Hall–Kier alpha value is -3.41. The molecule has 6 nitrogen and oxygen atoms in total. The van der Waals surface area contributed by atoms with Gasteiger partial charge in [0.1, 0.15) is 18.1 Å². The molecule has 0 aliphatic rings. The van der Waals surface area contributed by atoms with Crippen LogP contribution in [0.2, 0.25) is 0 Å². The van der Waals surface area contributed by atoms with Crippen LogP contribution in [0.4, 0.5) is 0 Å². The Kier molecular flexibility index (Phi) is 7.53. The average molecular weight is 410 g/mol. The zero-order chi connectivity index (χ0) is 22.3. The van der Waals surface area contributed by atoms with E-state index in [1.54, 1.807) is 52.0 Å². The summed E-state index contributed by atoms with van der Waals surface area (Å²) in [6, 6.07) is 14.0. The van der Waals surface area contributed by atoms with Crippen LogP contribution in [0.25, 0.3) is 11.1 Å². The van der Waals surface area contributed by atoms with Gasteiger partial charge in [-0.15, -0.1) is 0 Å². The zero-order valence-corrected chi connectivity index (χ0v) is 17.7. The summed E-state index contributed by atoms with van der Waals surface area (Å²) in [7, 11) is 0. The topological polar surface area (TPSA) is 78.9 Å². The fourth-order valence-corrected chi connectivity index (χ4v) is 2.25. The van der Waals surface area contributed by atoms with Crippen LogP contribution in [-0.4, -0.2) is 24.5 Å². The molecule has 0 radical (unpaired) electrons. The molecular weight excluding hydrogens is 384 g/mol. The predicted octanol–water partition coefficient (Wildman–Crippen LogP) is 4.72. The molecule has 0 aliphatic heterocycles. The van der Waals surface area contributed by atoms with Gasteiger partial charge < -0.3 is 14.2 Å². The second kappa shape index (κ2) is 9.87. The molecule has 0 heterocycles. The van der Waals surface area contributed by atoms with Crippen LogP contribution in [0.5, 0.6) is 11.5 Å². The molecule has 30 heavy (non-hydrogen) atoms. The summed E-state index contributed by atoms with van der Waals surface area (Å²) in [4.78, 5) is 35.1. The molecule has 2 aromatic rings. The molecule has 158 valence electrons. The lowest BCUT2D eigenvalue weighted by Crippen LogP contribution is -2.24. The van der Waals surface area contributed by atoms with Gasteiger partial charge >= 0.3 is 17.9 Å². The highest BCUT2D eigenvalue weighted by molar-refractivity contribution is 5.88. The van der Waals surface area contributed by atoms with Crippen LogP contribution in [-0.2, 0) is 19.1 Å². The number of carbonyl (C=O) groups excluding carboxylic acids is 3. The van der Waals surface area contributed by atoms with E-state index in [4.69, 9.17) is 14.2 Å². The standard InChI is InChI=1S/C24H26O6/c1-16(2)22(26)30-20-12-8-18(9-13-20)17-6-10-19(11-7-17)29-21(25)14-15-28-23(27)24(3,4)5/h6-13H,1,14-15H2,2-5H3. The highest BCUT2D eigenvalue weighted by Crippen LogP contribution is 2.25. The van der Waals surface area contributed by atoms with Gasteiger partial charge in [-0.2, -0.15) is 0 Å². The van der Waals surface area contributed by atoms with Gasteiger partial charge in [0, 0.05) is 5.57 Å². The summed E-state index contributed by atoms with van der Waals surface area (Å²) in [5.41, 5.74) is 1.55. The third-order valence-corrected chi connectivity index (χ3v) is 3.98. The van der Waals surface area contributed by atoms with Gasteiger partial charge in [0.15, 0.2) is 0 Å². The SMILES string of the molecule is C=C(C)C(=O)Oc1ccc(-c2ccc(OC(=O)CCOC(=O)C(C)(C)C)cc2)cc1. The number of rotatable bonds is 7. The molecular formula is C24H26O6. The molecule has 0 saturated heterocycles. The molecule has 0 unspecified atom stereocenters. The average Bonchev–Trinajstić information content (AvgIpc) is 2.68. The van der Waals surface area contributed by atoms with Crippen molar-refractivity contribution in [3.63, 3.8) is 0 Å². The molecule has 2 aromatic carbocycles. The van der Waals surface area contributed by atoms with Gasteiger partial charge in [-0.3, -0.25) is 9.59 Å². The molecule has 2 rings (SSSR count). The number of hydrogen-bond acceptors (Lipinski definition) is 6. The summed E-state index contributed by atoms with van der Waals surface area (Å²) >= 11 is 0. The minimum absolute atomic E-state index is 0.0185. The molecule has 0 fully saturated rings. The number of esters is 3. The van der Waals surface area contributed by atoms with Gasteiger partial charge in [0.05, 0.1) is 11.8 Å². The molecule has 0 N–H and O–H groups in total. The van der Waals surface area contributed by atoms with Crippen LogP contribution in [0.15, 0.2) is 60.7 Å². The largest absolute Gasteiger partial charge is 0.465 e. The van der Waals surface area contributed by atoms with Gasteiger partial charge in [0.25, 0.3) is 0 Å². The van der Waals surface area contributed by atoms with Gasteiger partial charge in [0.2, 0.25) is 0 Å². The summed E-state index contributed by atoms with van der Waals surface area (Å²) in [5.74, 6) is -0.474. The minimum Gasteiger partial charge on any atom is -0.465 e. The number of hydrogen-bond donors (Lipinski definition) is 0. The quantitative estimate of drug-likeness (QED) is 0.373. The predicted molar refractivity (Wildman–Crippen MR) is 113 cm³/mol. The first-order valence-corrected chi connectivity index (χ1v) is 9.52. The maximum atomic E-state index is 11.9. The summed E-state index contributed by atoms with van der Waals surface area (Å²) in [6.07, 6.45) is -0.0199. The van der Waals surface area contributed by atoms with Crippen molar-refractivity contribution in [2.24, 2.45) is 5.41 Å². The first-order chi connectivity index (χ1) is 14.1.